The SMILES string of the molecule is C=CN1C=C(c2c(F)ccc(NS(=O)(=O)c3cc(Cl)cnc3OC)c2F)N=C/C1=C(/C)C(C)=O. The van der Waals surface area contributed by atoms with Crippen molar-refractivity contribution < 1.29 is 26.7 Å². The number of nitrogens with zero attached hydrogens (tertiary/aromatic N) is 3. The van der Waals surface area contributed by atoms with Gasteiger partial charge in [0.25, 0.3) is 10.0 Å². The Bertz CT molecular complexity index is 1390. The van der Waals surface area contributed by atoms with Crippen LogP contribution in [0.5, 0.6) is 5.88 Å². The number of aliphatic imine (C=N–C) groups is 1. The molecular weight excluding hydrogens is 490 g/mol. The second-order valence-corrected chi connectivity index (χ2v) is 9.07. The summed E-state index contributed by atoms with van der Waals surface area (Å²) in [6, 6.07) is 2.91. The van der Waals surface area contributed by atoms with E-state index in [1.165, 1.54) is 43.7 Å². The zero-order valence-corrected chi connectivity index (χ0v) is 19.8. The summed E-state index contributed by atoms with van der Waals surface area (Å²) in [5.41, 5.74) is -0.534. The van der Waals surface area contributed by atoms with E-state index in [0.717, 1.165) is 18.2 Å². The van der Waals surface area contributed by atoms with E-state index in [0.29, 0.717) is 11.3 Å². The minimum atomic E-state index is -4.42. The molecule has 1 aromatic heterocycles. The number of ether oxygens (including phenoxy) is 1. The molecule has 0 spiro atoms. The van der Waals surface area contributed by atoms with Crippen LogP contribution < -0.4 is 9.46 Å². The van der Waals surface area contributed by atoms with Gasteiger partial charge < -0.3 is 9.64 Å². The molecule has 0 unspecified atom stereocenters. The van der Waals surface area contributed by atoms with Gasteiger partial charge in [-0.05, 0) is 32.0 Å². The van der Waals surface area contributed by atoms with Crippen molar-refractivity contribution in [3.05, 3.63) is 76.9 Å². The summed E-state index contributed by atoms with van der Waals surface area (Å²) < 4.78 is 62.8. The second-order valence-electron chi connectivity index (χ2n) is 6.98. The molecule has 3 rings (SSSR count). The van der Waals surface area contributed by atoms with E-state index >= 15 is 4.39 Å². The third kappa shape index (κ3) is 4.85. The summed E-state index contributed by atoms with van der Waals surface area (Å²) in [5, 5.41) is 0.0115. The van der Waals surface area contributed by atoms with Gasteiger partial charge in [-0.25, -0.2) is 22.2 Å². The molecule has 178 valence electrons. The van der Waals surface area contributed by atoms with Gasteiger partial charge in [-0.1, -0.05) is 18.2 Å². The van der Waals surface area contributed by atoms with Crippen molar-refractivity contribution in [2.75, 3.05) is 11.8 Å². The second kappa shape index (κ2) is 9.74. The van der Waals surface area contributed by atoms with Gasteiger partial charge in [-0.3, -0.25) is 14.5 Å². The molecule has 0 fully saturated rings. The molecule has 0 radical (unpaired) electrons. The van der Waals surface area contributed by atoms with E-state index in [1.807, 2.05) is 0 Å². The summed E-state index contributed by atoms with van der Waals surface area (Å²) in [7, 11) is -3.21. The average molecular weight is 509 g/mol. The minimum Gasteiger partial charge on any atom is -0.480 e. The number of carbonyl (C=O) groups is 1. The molecule has 0 atom stereocenters. The van der Waals surface area contributed by atoms with Gasteiger partial charge in [0.15, 0.2) is 16.5 Å². The number of hydrogen-bond donors (Lipinski definition) is 1. The van der Waals surface area contributed by atoms with Crippen LogP contribution in [-0.4, -0.2) is 37.4 Å². The molecule has 0 amide bonds. The highest BCUT2D eigenvalue weighted by molar-refractivity contribution is 7.92. The van der Waals surface area contributed by atoms with Gasteiger partial charge in [-0.15, -0.1) is 0 Å². The normalized spacial score (nSPS) is 15.0. The highest BCUT2D eigenvalue weighted by Gasteiger charge is 2.26. The zero-order chi connectivity index (χ0) is 25.2. The van der Waals surface area contributed by atoms with Gasteiger partial charge in [0.2, 0.25) is 5.88 Å². The number of sulfonamides is 1. The topological polar surface area (TPSA) is 101 Å². The Labute approximate surface area is 200 Å². The maximum atomic E-state index is 15.4. The van der Waals surface area contributed by atoms with Crippen LogP contribution in [0.15, 0.2) is 64.5 Å². The molecular formula is C22H19ClF2N4O4S. The lowest BCUT2D eigenvalue weighted by Gasteiger charge is -2.23. The van der Waals surface area contributed by atoms with E-state index in [1.54, 1.807) is 6.92 Å². The standard InChI is InChI=1S/C22H19ClF2N4O4S/c1-5-29-11-17(26-10-18(29)12(2)13(3)30)20-15(24)6-7-16(21(20)25)28-34(31,32)19-8-14(23)9-27-22(19)33-4/h5-11,28H,1H2,2-4H3/b18-12+. The molecule has 0 bridgehead atoms. The highest BCUT2D eigenvalue weighted by atomic mass is 35.5. The number of Topliss-reactive ketones (excluding diaryl/α,β-unsaturated/α-hetero) is 1. The first-order chi connectivity index (χ1) is 16.0. The van der Waals surface area contributed by atoms with Gasteiger partial charge in [0, 0.05) is 24.2 Å². The molecule has 1 aliphatic rings. The molecule has 1 aliphatic heterocycles. The first kappa shape index (κ1) is 25.1. The molecule has 1 aromatic carbocycles. The number of methoxy groups -OCH3 is 1. The van der Waals surface area contributed by atoms with Gasteiger partial charge >= 0.3 is 0 Å². The number of anilines is 1. The number of ketones is 1. The quantitative estimate of drug-likeness (QED) is 0.552. The lowest BCUT2D eigenvalue weighted by atomic mass is 10.1. The summed E-state index contributed by atoms with van der Waals surface area (Å²) in [5.74, 6) is -2.67. The van der Waals surface area contributed by atoms with Crippen molar-refractivity contribution >= 4 is 45.0 Å². The number of rotatable bonds is 7. The number of carbonyl (C=O) groups excluding carboxylic acids is 1. The molecule has 8 nitrogen and oxygen atoms in total. The van der Waals surface area contributed by atoms with Crippen molar-refractivity contribution in [1.82, 2.24) is 9.88 Å². The molecule has 0 saturated heterocycles. The van der Waals surface area contributed by atoms with Gasteiger partial charge in [0.1, 0.15) is 5.82 Å². The van der Waals surface area contributed by atoms with Crippen LogP contribution in [-0.2, 0) is 14.8 Å². The highest BCUT2D eigenvalue weighted by Crippen LogP contribution is 2.33. The van der Waals surface area contributed by atoms with E-state index < -0.39 is 37.8 Å². The number of aromatic nitrogens is 1. The molecule has 0 saturated carbocycles. The maximum absolute atomic E-state index is 15.4. The summed E-state index contributed by atoms with van der Waals surface area (Å²) in [6.45, 7) is 6.59. The van der Waals surface area contributed by atoms with Crippen molar-refractivity contribution in [3.63, 3.8) is 0 Å². The van der Waals surface area contributed by atoms with E-state index in [4.69, 9.17) is 16.3 Å². The fourth-order valence-electron chi connectivity index (χ4n) is 3.00. The molecule has 1 N–H and O–H groups in total. The third-order valence-corrected chi connectivity index (χ3v) is 6.40. The summed E-state index contributed by atoms with van der Waals surface area (Å²) in [4.78, 5) is 20.5. The number of hydrogen-bond acceptors (Lipinski definition) is 7. The lowest BCUT2D eigenvalue weighted by molar-refractivity contribution is -0.113. The number of halogens is 3. The molecule has 2 heterocycles. The Morgan fingerprint density at radius 1 is 1.29 bits per heavy atom. The van der Waals surface area contributed by atoms with Crippen molar-refractivity contribution in [2.24, 2.45) is 4.99 Å². The Morgan fingerprint density at radius 2 is 2.00 bits per heavy atom. The third-order valence-electron chi connectivity index (χ3n) is 4.83. The predicted octanol–water partition coefficient (Wildman–Crippen LogP) is 4.51. The lowest BCUT2D eigenvalue weighted by Crippen LogP contribution is -2.19. The summed E-state index contributed by atoms with van der Waals surface area (Å²) >= 11 is 5.85. The van der Waals surface area contributed by atoms with Crippen LogP contribution >= 0.6 is 11.6 Å². The molecule has 2 aromatic rings. The molecule has 34 heavy (non-hydrogen) atoms. The monoisotopic (exact) mass is 508 g/mol. The van der Waals surface area contributed by atoms with E-state index in [9.17, 15) is 17.6 Å². The van der Waals surface area contributed by atoms with Crippen LogP contribution in [0.3, 0.4) is 0 Å². The van der Waals surface area contributed by atoms with Gasteiger partial charge in [0.05, 0.1) is 41.0 Å². The fraction of sp³-hybridized carbons (Fsp3) is 0.136. The largest absolute Gasteiger partial charge is 0.480 e. The molecule has 0 aliphatic carbocycles. The number of allylic oxidation sites excluding steroid dienone is 2. The van der Waals surface area contributed by atoms with Crippen molar-refractivity contribution in [1.29, 1.82) is 0 Å². The Morgan fingerprint density at radius 3 is 2.62 bits per heavy atom. The average Bonchev–Trinajstić information content (AvgIpc) is 2.80. The first-order valence-electron chi connectivity index (χ1n) is 9.59. The summed E-state index contributed by atoms with van der Waals surface area (Å²) in [6.07, 6.45) is 5.07. The van der Waals surface area contributed by atoms with Crippen LogP contribution in [0.2, 0.25) is 5.02 Å². The van der Waals surface area contributed by atoms with E-state index in [2.05, 4.69) is 21.3 Å². The Kier molecular flexibility index (Phi) is 7.18. The maximum Gasteiger partial charge on any atom is 0.267 e. The van der Waals surface area contributed by atoms with Crippen LogP contribution in [0.4, 0.5) is 14.5 Å². The number of pyridine rings is 1. The van der Waals surface area contributed by atoms with Crippen LogP contribution in [0.1, 0.15) is 19.4 Å². The van der Waals surface area contributed by atoms with Crippen LogP contribution in [0.25, 0.3) is 5.70 Å². The number of benzene rings is 1. The Hall–Kier alpha value is -3.57. The Balaban J connectivity index is 2.07. The predicted molar refractivity (Wildman–Crippen MR) is 125 cm³/mol. The fourth-order valence-corrected chi connectivity index (χ4v) is 4.43. The number of nitrogens with one attached hydrogen (secondary N) is 1. The smallest absolute Gasteiger partial charge is 0.267 e. The van der Waals surface area contributed by atoms with Gasteiger partial charge in [-0.2, -0.15) is 0 Å². The zero-order valence-electron chi connectivity index (χ0n) is 18.3. The van der Waals surface area contributed by atoms with Crippen molar-refractivity contribution in [2.45, 2.75) is 18.7 Å². The van der Waals surface area contributed by atoms with E-state index in [-0.39, 0.29) is 22.4 Å². The molecule has 12 heteroatoms. The van der Waals surface area contributed by atoms with Crippen molar-refractivity contribution in [3.8, 4) is 5.88 Å². The van der Waals surface area contributed by atoms with Crippen LogP contribution in [0, 0.1) is 11.6 Å². The minimum absolute atomic E-state index is 0.0115. The first-order valence-corrected chi connectivity index (χ1v) is 11.5.